The zero-order valence-corrected chi connectivity index (χ0v) is 13.2. The molecule has 1 fully saturated rings. The molecule has 0 atom stereocenters. The highest BCUT2D eigenvalue weighted by Crippen LogP contribution is 2.19. The molecular weight excluding hydrogens is 276 g/mol. The van der Waals surface area contributed by atoms with Crippen molar-refractivity contribution in [3.8, 4) is 5.88 Å². The number of benzene rings is 1. The summed E-state index contributed by atoms with van der Waals surface area (Å²) in [5.74, 6) is 1.44. The molecule has 0 unspecified atom stereocenters. The second kappa shape index (κ2) is 6.75. The largest absolute Gasteiger partial charge is 0.472 e. The summed E-state index contributed by atoms with van der Waals surface area (Å²) in [4.78, 5) is 13.6. The lowest BCUT2D eigenvalue weighted by Gasteiger charge is -2.32. The van der Waals surface area contributed by atoms with Gasteiger partial charge >= 0.3 is 0 Å². The van der Waals surface area contributed by atoms with Crippen molar-refractivity contribution in [1.82, 2.24) is 14.9 Å². The maximum Gasteiger partial charge on any atom is 0.228 e. The van der Waals surface area contributed by atoms with Crippen LogP contribution in [0.1, 0.15) is 11.1 Å². The summed E-state index contributed by atoms with van der Waals surface area (Å²) in [6.07, 6.45) is 1.85. The van der Waals surface area contributed by atoms with Gasteiger partial charge in [-0.05, 0) is 19.5 Å². The fraction of sp³-hybridized carbons (Fsp3) is 0.412. The van der Waals surface area contributed by atoms with Crippen molar-refractivity contribution in [3.63, 3.8) is 0 Å². The lowest BCUT2D eigenvalue weighted by molar-refractivity contribution is 0.288. The van der Waals surface area contributed by atoms with Gasteiger partial charge in [0.15, 0.2) is 0 Å². The molecule has 5 heteroatoms. The lowest BCUT2D eigenvalue weighted by Crippen LogP contribution is -2.45. The summed E-state index contributed by atoms with van der Waals surface area (Å²) in [6, 6.07) is 10.1. The summed E-state index contributed by atoms with van der Waals surface area (Å²) in [5, 5.41) is 0. The molecule has 5 nitrogen and oxygen atoms in total. The summed E-state index contributed by atoms with van der Waals surface area (Å²) < 4.78 is 5.89. The van der Waals surface area contributed by atoms with Crippen LogP contribution in [0.25, 0.3) is 0 Å². The Bertz CT molecular complexity index is 609. The Morgan fingerprint density at radius 3 is 2.55 bits per heavy atom. The Hall–Kier alpha value is -2.14. The molecule has 1 aromatic heterocycles. The van der Waals surface area contributed by atoms with Crippen LogP contribution in [0.15, 0.2) is 36.5 Å². The van der Waals surface area contributed by atoms with Crippen LogP contribution in [0.3, 0.4) is 0 Å². The standard InChI is InChI=1S/C17H22N4O/c1-14-12-18-17(21-10-8-20(2)9-11-21)19-16(14)22-13-15-6-4-3-5-7-15/h3-7,12H,8-11,13H2,1-2H3. The first kappa shape index (κ1) is 14.8. The number of piperazine rings is 1. The van der Waals surface area contributed by atoms with E-state index in [9.17, 15) is 0 Å². The van der Waals surface area contributed by atoms with E-state index in [0.717, 1.165) is 43.3 Å². The second-order valence-electron chi connectivity index (χ2n) is 5.72. The molecule has 0 saturated carbocycles. The fourth-order valence-corrected chi connectivity index (χ4v) is 2.45. The van der Waals surface area contributed by atoms with Crippen LogP contribution >= 0.6 is 0 Å². The Morgan fingerprint density at radius 1 is 1.09 bits per heavy atom. The zero-order chi connectivity index (χ0) is 15.4. The zero-order valence-electron chi connectivity index (χ0n) is 13.2. The van der Waals surface area contributed by atoms with E-state index in [1.165, 1.54) is 0 Å². The van der Waals surface area contributed by atoms with Gasteiger partial charge in [-0.2, -0.15) is 4.98 Å². The smallest absolute Gasteiger partial charge is 0.228 e. The van der Waals surface area contributed by atoms with E-state index in [0.29, 0.717) is 12.5 Å². The van der Waals surface area contributed by atoms with Crippen LogP contribution in [0.4, 0.5) is 5.95 Å². The van der Waals surface area contributed by atoms with Gasteiger partial charge in [0, 0.05) is 37.9 Å². The van der Waals surface area contributed by atoms with Gasteiger partial charge in [-0.3, -0.25) is 0 Å². The van der Waals surface area contributed by atoms with Gasteiger partial charge in [0.1, 0.15) is 6.61 Å². The van der Waals surface area contributed by atoms with Gasteiger partial charge in [0.25, 0.3) is 0 Å². The highest BCUT2D eigenvalue weighted by Gasteiger charge is 2.17. The molecule has 22 heavy (non-hydrogen) atoms. The average Bonchev–Trinajstić information content (AvgIpc) is 2.56. The second-order valence-corrected chi connectivity index (χ2v) is 5.72. The number of ether oxygens (including phenoxy) is 1. The number of anilines is 1. The van der Waals surface area contributed by atoms with E-state index in [2.05, 4.69) is 38.9 Å². The molecule has 0 bridgehead atoms. The average molecular weight is 298 g/mol. The number of aryl methyl sites for hydroxylation is 1. The van der Waals surface area contributed by atoms with Gasteiger partial charge in [-0.25, -0.2) is 4.98 Å². The van der Waals surface area contributed by atoms with Gasteiger partial charge in [-0.1, -0.05) is 30.3 Å². The molecule has 116 valence electrons. The van der Waals surface area contributed by atoms with Crippen molar-refractivity contribution >= 4 is 5.95 Å². The quantitative estimate of drug-likeness (QED) is 0.865. The molecule has 0 radical (unpaired) electrons. The van der Waals surface area contributed by atoms with Crippen LogP contribution in [0.5, 0.6) is 5.88 Å². The third-order valence-corrected chi connectivity index (χ3v) is 3.92. The summed E-state index contributed by atoms with van der Waals surface area (Å²) in [7, 11) is 2.14. The Kier molecular flexibility index (Phi) is 4.53. The van der Waals surface area contributed by atoms with Gasteiger partial charge in [-0.15, -0.1) is 0 Å². The fourth-order valence-electron chi connectivity index (χ4n) is 2.45. The van der Waals surface area contributed by atoms with Crippen LogP contribution in [-0.2, 0) is 6.61 Å². The molecule has 0 amide bonds. The van der Waals surface area contributed by atoms with E-state index in [1.807, 2.05) is 31.3 Å². The van der Waals surface area contributed by atoms with E-state index in [1.54, 1.807) is 0 Å². The normalized spacial score (nSPS) is 15.8. The molecule has 2 aromatic rings. The van der Waals surface area contributed by atoms with Gasteiger partial charge < -0.3 is 14.5 Å². The molecule has 1 saturated heterocycles. The molecule has 0 N–H and O–H groups in total. The van der Waals surface area contributed by atoms with Crippen molar-refractivity contribution in [2.45, 2.75) is 13.5 Å². The molecule has 3 rings (SSSR count). The number of nitrogens with zero attached hydrogens (tertiary/aromatic N) is 4. The van der Waals surface area contributed by atoms with Crippen molar-refractivity contribution in [3.05, 3.63) is 47.7 Å². The lowest BCUT2D eigenvalue weighted by atomic mass is 10.2. The number of hydrogen-bond donors (Lipinski definition) is 0. The minimum Gasteiger partial charge on any atom is -0.472 e. The van der Waals surface area contributed by atoms with Gasteiger partial charge in [0.2, 0.25) is 11.8 Å². The molecule has 0 aliphatic carbocycles. The number of aromatic nitrogens is 2. The van der Waals surface area contributed by atoms with Crippen molar-refractivity contribution in [2.24, 2.45) is 0 Å². The van der Waals surface area contributed by atoms with Crippen LogP contribution in [0.2, 0.25) is 0 Å². The van der Waals surface area contributed by atoms with Crippen molar-refractivity contribution in [2.75, 3.05) is 38.1 Å². The molecule has 1 aromatic carbocycles. The number of rotatable bonds is 4. The Labute approximate surface area is 131 Å². The molecule has 1 aliphatic heterocycles. The minimum atomic E-state index is 0.529. The first-order valence-electron chi connectivity index (χ1n) is 7.66. The third kappa shape index (κ3) is 3.54. The van der Waals surface area contributed by atoms with Gasteiger partial charge in [0.05, 0.1) is 0 Å². The van der Waals surface area contributed by atoms with Crippen LogP contribution in [-0.4, -0.2) is 48.1 Å². The highest BCUT2D eigenvalue weighted by atomic mass is 16.5. The third-order valence-electron chi connectivity index (χ3n) is 3.92. The first-order valence-corrected chi connectivity index (χ1v) is 7.66. The van der Waals surface area contributed by atoms with E-state index >= 15 is 0 Å². The van der Waals surface area contributed by atoms with E-state index < -0.39 is 0 Å². The van der Waals surface area contributed by atoms with Crippen LogP contribution < -0.4 is 9.64 Å². The predicted octanol–water partition coefficient (Wildman–Crippen LogP) is 2.12. The van der Waals surface area contributed by atoms with Crippen molar-refractivity contribution in [1.29, 1.82) is 0 Å². The van der Waals surface area contributed by atoms with Crippen LogP contribution in [0, 0.1) is 6.92 Å². The Balaban J connectivity index is 1.70. The van der Waals surface area contributed by atoms with E-state index in [-0.39, 0.29) is 0 Å². The van der Waals surface area contributed by atoms with Crippen molar-refractivity contribution < 1.29 is 4.74 Å². The maximum absolute atomic E-state index is 5.89. The maximum atomic E-state index is 5.89. The summed E-state index contributed by atoms with van der Waals surface area (Å²) >= 11 is 0. The minimum absolute atomic E-state index is 0.529. The Morgan fingerprint density at radius 2 is 1.82 bits per heavy atom. The molecule has 0 spiro atoms. The monoisotopic (exact) mass is 298 g/mol. The molecular formula is C17H22N4O. The summed E-state index contributed by atoms with van der Waals surface area (Å²) in [6.45, 7) is 6.50. The topological polar surface area (TPSA) is 41.5 Å². The number of hydrogen-bond acceptors (Lipinski definition) is 5. The predicted molar refractivity (Wildman–Crippen MR) is 87.3 cm³/mol. The first-order chi connectivity index (χ1) is 10.7. The molecule has 2 heterocycles. The number of likely N-dealkylation sites (N-methyl/N-ethyl adjacent to an activating group) is 1. The highest BCUT2D eigenvalue weighted by molar-refractivity contribution is 5.36. The molecule has 1 aliphatic rings. The van der Waals surface area contributed by atoms with E-state index in [4.69, 9.17) is 4.74 Å². The summed E-state index contributed by atoms with van der Waals surface area (Å²) in [5.41, 5.74) is 2.11. The SMILES string of the molecule is Cc1cnc(N2CCN(C)CC2)nc1OCc1ccccc1.